The zero-order chi connectivity index (χ0) is 10.8. The van der Waals surface area contributed by atoms with Gasteiger partial charge in [-0.25, -0.2) is 4.79 Å². The summed E-state index contributed by atoms with van der Waals surface area (Å²) in [4.78, 5) is 12.8. The molecule has 0 rings (SSSR count). The Labute approximate surface area is 97.3 Å². The Morgan fingerprint density at radius 3 is 2.67 bits per heavy atom. The number of halogens is 1. The van der Waals surface area contributed by atoms with E-state index in [1.807, 2.05) is 6.92 Å². The highest BCUT2D eigenvalue weighted by Gasteiger charge is 2.01. The van der Waals surface area contributed by atoms with Gasteiger partial charge in [0.1, 0.15) is 0 Å². The van der Waals surface area contributed by atoms with Crippen LogP contribution in [0.2, 0.25) is 0 Å². The van der Waals surface area contributed by atoms with E-state index in [1.54, 1.807) is 0 Å². The lowest BCUT2D eigenvalue weighted by Gasteiger charge is -2.18. The Morgan fingerprint density at radius 1 is 1.53 bits per heavy atom. The highest BCUT2D eigenvalue weighted by molar-refractivity contribution is 5.85. The Kier molecular flexibility index (Phi) is 12.9. The van der Waals surface area contributed by atoms with Crippen molar-refractivity contribution in [3.8, 4) is 0 Å². The van der Waals surface area contributed by atoms with E-state index in [2.05, 4.69) is 11.5 Å². The van der Waals surface area contributed by atoms with E-state index in [0.717, 1.165) is 25.6 Å². The lowest BCUT2D eigenvalue weighted by Crippen LogP contribution is -2.28. The minimum atomic E-state index is -0.379. The molecule has 0 aliphatic rings. The van der Waals surface area contributed by atoms with Gasteiger partial charge in [-0.1, -0.05) is 13.5 Å². The molecule has 0 aliphatic heterocycles. The number of nitrogens with zero attached hydrogens (tertiary/aromatic N) is 1. The molecule has 0 aromatic heterocycles. The van der Waals surface area contributed by atoms with Gasteiger partial charge in [-0.15, -0.1) is 12.4 Å². The van der Waals surface area contributed by atoms with Crippen molar-refractivity contribution >= 4 is 18.4 Å². The van der Waals surface area contributed by atoms with Crippen molar-refractivity contribution in [2.24, 2.45) is 0 Å². The maximum atomic E-state index is 10.7. The van der Waals surface area contributed by atoms with Gasteiger partial charge < -0.3 is 14.7 Å². The average Bonchev–Trinajstić information content (AvgIpc) is 2.22. The third-order valence-electron chi connectivity index (χ3n) is 1.89. The molecule has 0 amide bonds. The SMILES string of the molecule is C=CC(=O)OCCCN(CC)CCO.Cl. The zero-order valence-corrected chi connectivity index (χ0v) is 9.96. The van der Waals surface area contributed by atoms with E-state index in [1.165, 1.54) is 0 Å². The molecular weight excluding hydrogens is 218 g/mol. The number of aliphatic hydroxyl groups is 1. The molecule has 1 N–H and O–H groups in total. The van der Waals surface area contributed by atoms with Crippen LogP contribution < -0.4 is 0 Å². The normalized spacial score (nSPS) is 9.53. The summed E-state index contributed by atoms with van der Waals surface area (Å²) in [7, 11) is 0. The number of ether oxygens (including phenoxy) is 1. The fraction of sp³-hybridized carbons (Fsp3) is 0.700. The summed E-state index contributed by atoms with van der Waals surface area (Å²) in [5, 5.41) is 8.71. The number of rotatable bonds is 8. The van der Waals surface area contributed by atoms with Gasteiger partial charge >= 0.3 is 5.97 Å². The van der Waals surface area contributed by atoms with Crippen LogP contribution in [0.15, 0.2) is 12.7 Å². The highest BCUT2D eigenvalue weighted by atomic mass is 35.5. The van der Waals surface area contributed by atoms with Gasteiger partial charge in [0.2, 0.25) is 0 Å². The topological polar surface area (TPSA) is 49.8 Å². The van der Waals surface area contributed by atoms with Crippen molar-refractivity contribution in [3.05, 3.63) is 12.7 Å². The molecule has 0 fully saturated rings. The van der Waals surface area contributed by atoms with Crippen LogP contribution in [0.3, 0.4) is 0 Å². The zero-order valence-electron chi connectivity index (χ0n) is 9.15. The standard InChI is InChI=1S/C10H19NO3.ClH/c1-3-10(13)14-9-5-6-11(4-2)7-8-12;/h3,12H,1,4-9H2,2H3;1H. The number of hydrogen-bond acceptors (Lipinski definition) is 4. The summed E-state index contributed by atoms with van der Waals surface area (Å²) in [6.45, 7) is 8.32. The average molecular weight is 238 g/mol. The number of hydrogen-bond donors (Lipinski definition) is 1. The van der Waals surface area contributed by atoms with Gasteiger partial charge in [-0.2, -0.15) is 0 Å². The van der Waals surface area contributed by atoms with Gasteiger partial charge in [0.15, 0.2) is 0 Å². The molecule has 0 aromatic carbocycles. The predicted molar refractivity (Wildman–Crippen MR) is 62.2 cm³/mol. The highest BCUT2D eigenvalue weighted by Crippen LogP contribution is 1.92. The molecule has 0 saturated carbocycles. The predicted octanol–water partition coefficient (Wildman–Crippen LogP) is 0.842. The molecule has 0 saturated heterocycles. The molecule has 0 aliphatic carbocycles. The van der Waals surface area contributed by atoms with Crippen molar-refractivity contribution in [3.63, 3.8) is 0 Å². The number of aliphatic hydroxyl groups excluding tert-OH is 1. The summed E-state index contributed by atoms with van der Waals surface area (Å²) in [5.74, 6) is -0.379. The van der Waals surface area contributed by atoms with Crippen molar-refractivity contribution in [1.29, 1.82) is 0 Å². The van der Waals surface area contributed by atoms with Crippen LogP contribution in [0, 0.1) is 0 Å². The van der Waals surface area contributed by atoms with Gasteiger partial charge in [-0.3, -0.25) is 0 Å². The smallest absolute Gasteiger partial charge is 0.330 e. The van der Waals surface area contributed by atoms with E-state index in [9.17, 15) is 4.79 Å². The fourth-order valence-corrected chi connectivity index (χ4v) is 1.09. The van der Waals surface area contributed by atoms with Crippen LogP contribution in [0.25, 0.3) is 0 Å². The summed E-state index contributed by atoms with van der Waals surface area (Å²) in [5.41, 5.74) is 0. The third kappa shape index (κ3) is 9.72. The molecule has 0 aromatic rings. The third-order valence-corrected chi connectivity index (χ3v) is 1.89. The first-order chi connectivity index (χ1) is 6.74. The maximum absolute atomic E-state index is 10.7. The van der Waals surface area contributed by atoms with Crippen LogP contribution >= 0.6 is 12.4 Å². The number of esters is 1. The summed E-state index contributed by atoms with van der Waals surface area (Å²) in [6.07, 6.45) is 1.94. The van der Waals surface area contributed by atoms with Gasteiger partial charge in [0.25, 0.3) is 0 Å². The van der Waals surface area contributed by atoms with Crippen LogP contribution in [-0.4, -0.2) is 48.8 Å². The van der Waals surface area contributed by atoms with E-state index in [4.69, 9.17) is 9.84 Å². The van der Waals surface area contributed by atoms with Gasteiger partial charge in [-0.05, 0) is 13.0 Å². The molecule has 90 valence electrons. The quantitative estimate of drug-likeness (QED) is 0.386. The molecule has 0 radical (unpaired) electrons. The first-order valence-electron chi connectivity index (χ1n) is 4.87. The number of likely N-dealkylation sites (N-methyl/N-ethyl adjacent to an activating group) is 1. The second-order valence-electron chi connectivity index (χ2n) is 2.88. The Morgan fingerprint density at radius 2 is 2.20 bits per heavy atom. The second-order valence-corrected chi connectivity index (χ2v) is 2.88. The first-order valence-corrected chi connectivity index (χ1v) is 4.87. The van der Waals surface area contributed by atoms with E-state index >= 15 is 0 Å². The molecule has 0 heterocycles. The number of carbonyl (C=O) groups is 1. The number of carbonyl (C=O) groups excluding carboxylic acids is 1. The second kappa shape index (κ2) is 11.5. The largest absolute Gasteiger partial charge is 0.462 e. The Bertz CT molecular complexity index is 176. The molecule has 0 unspecified atom stereocenters. The van der Waals surface area contributed by atoms with Crippen LogP contribution in [-0.2, 0) is 9.53 Å². The van der Waals surface area contributed by atoms with Crippen molar-refractivity contribution in [1.82, 2.24) is 4.90 Å². The molecule has 15 heavy (non-hydrogen) atoms. The molecule has 5 heteroatoms. The van der Waals surface area contributed by atoms with Crippen molar-refractivity contribution < 1.29 is 14.6 Å². The maximum Gasteiger partial charge on any atom is 0.330 e. The summed E-state index contributed by atoms with van der Waals surface area (Å²) in [6, 6.07) is 0. The lowest BCUT2D eigenvalue weighted by atomic mass is 10.4. The molecule has 0 spiro atoms. The minimum Gasteiger partial charge on any atom is -0.462 e. The van der Waals surface area contributed by atoms with E-state index < -0.39 is 0 Å². The van der Waals surface area contributed by atoms with Crippen molar-refractivity contribution in [2.75, 3.05) is 32.8 Å². The van der Waals surface area contributed by atoms with E-state index in [0.29, 0.717) is 13.2 Å². The monoisotopic (exact) mass is 237 g/mol. The summed E-state index contributed by atoms with van der Waals surface area (Å²) < 4.78 is 4.82. The van der Waals surface area contributed by atoms with Crippen LogP contribution in [0.4, 0.5) is 0 Å². The first kappa shape index (κ1) is 16.8. The van der Waals surface area contributed by atoms with E-state index in [-0.39, 0.29) is 25.0 Å². The minimum absolute atomic E-state index is 0. The van der Waals surface area contributed by atoms with Crippen molar-refractivity contribution in [2.45, 2.75) is 13.3 Å². The Hall–Kier alpha value is -0.580. The molecule has 0 atom stereocenters. The fourth-order valence-electron chi connectivity index (χ4n) is 1.09. The molecular formula is C10H20ClNO3. The molecule has 4 nitrogen and oxygen atoms in total. The summed E-state index contributed by atoms with van der Waals surface area (Å²) >= 11 is 0. The van der Waals surface area contributed by atoms with Crippen LogP contribution in [0.5, 0.6) is 0 Å². The molecule has 0 bridgehead atoms. The van der Waals surface area contributed by atoms with Gasteiger partial charge in [0.05, 0.1) is 13.2 Å². The Balaban J connectivity index is 0. The van der Waals surface area contributed by atoms with Crippen LogP contribution in [0.1, 0.15) is 13.3 Å². The van der Waals surface area contributed by atoms with Gasteiger partial charge in [0, 0.05) is 19.2 Å². The lowest BCUT2D eigenvalue weighted by molar-refractivity contribution is -0.137.